The summed E-state index contributed by atoms with van der Waals surface area (Å²) in [6.45, 7) is 4.88. The van der Waals surface area contributed by atoms with E-state index in [4.69, 9.17) is 0 Å². The number of hydrogen-bond donors (Lipinski definition) is 2. The lowest BCUT2D eigenvalue weighted by molar-refractivity contribution is 0.0913. The van der Waals surface area contributed by atoms with Crippen molar-refractivity contribution in [2.24, 2.45) is 5.92 Å². The Kier molecular flexibility index (Phi) is 5.32. The van der Waals surface area contributed by atoms with Gasteiger partial charge in [-0.3, -0.25) is 4.79 Å². The van der Waals surface area contributed by atoms with E-state index in [9.17, 15) is 4.79 Å². The first-order chi connectivity index (χ1) is 9.70. The number of nitrogens with one attached hydrogen (secondary N) is 2. The van der Waals surface area contributed by atoms with Crippen LogP contribution in [0.1, 0.15) is 56.4 Å². The highest BCUT2D eigenvalue weighted by Gasteiger charge is 2.22. The van der Waals surface area contributed by atoms with Crippen LogP contribution in [0.4, 0.5) is 5.82 Å². The number of carbonyl (C=O) groups is 1. The summed E-state index contributed by atoms with van der Waals surface area (Å²) in [5, 5.41) is 14.1. The van der Waals surface area contributed by atoms with Crippen LogP contribution < -0.4 is 10.6 Å². The molecule has 0 spiro atoms. The van der Waals surface area contributed by atoms with Gasteiger partial charge >= 0.3 is 0 Å². The van der Waals surface area contributed by atoms with Gasteiger partial charge in [0.15, 0.2) is 5.69 Å². The molecule has 1 saturated carbocycles. The van der Waals surface area contributed by atoms with E-state index < -0.39 is 0 Å². The lowest BCUT2D eigenvalue weighted by Crippen LogP contribution is -2.39. The van der Waals surface area contributed by atoms with Gasteiger partial charge in [-0.25, -0.2) is 0 Å². The second-order valence-electron chi connectivity index (χ2n) is 5.49. The summed E-state index contributed by atoms with van der Waals surface area (Å²) in [6.07, 6.45) is 6.32. The summed E-state index contributed by atoms with van der Waals surface area (Å²) in [4.78, 5) is 12.1. The molecule has 2 N–H and O–H groups in total. The minimum Gasteiger partial charge on any atom is -0.369 e. The summed E-state index contributed by atoms with van der Waals surface area (Å²) in [5.41, 5.74) is 0.384. The highest BCUT2D eigenvalue weighted by molar-refractivity contribution is 5.92. The average molecular weight is 276 g/mol. The number of anilines is 1. The van der Waals surface area contributed by atoms with Crippen molar-refractivity contribution in [2.45, 2.75) is 52.0 Å². The van der Waals surface area contributed by atoms with Crippen LogP contribution in [0.2, 0.25) is 0 Å². The molecule has 0 aliphatic heterocycles. The van der Waals surface area contributed by atoms with Crippen LogP contribution in [0, 0.1) is 5.92 Å². The van der Waals surface area contributed by atoms with Crippen LogP contribution in [-0.2, 0) is 0 Å². The van der Waals surface area contributed by atoms with Crippen LogP contribution in [0.5, 0.6) is 0 Å². The fourth-order valence-electron chi connectivity index (χ4n) is 2.76. The average Bonchev–Trinajstić information content (AvgIpc) is 2.49. The summed E-state index contributed by atoms with van der Waals surface area (Å²) in [7, 11) is 0. The fraction of sp³-hybridized carbons (Fsp3) is 0.667. The van der Waals surface area contributed by atoms with Gasteiger partial charge in [-0.15, -0.1) is 10.2 Å². The molecule has 1 atom stereocenters. The minimum atomic E-state index is -0.126. The Morgan fingerprint density at radius 2 is 2.05 bits per heavy atom. The second-order valence-corrected chi connectivity index (χ2v) is 5.49. The molecule has 0 radical (unpaired) electrons. The van der Waals surface area contributed by atoms with Gasteiger partial charge in [-0.1, -0.05) is 19.3 Å². The van der Waals surface area contributed by atoms with E-state index in [2.05, 4.69) is 27.8 Å². The van der Waals surface area contributed by atoms with E-state index in [-0.39, 0.29) is 11.9 Å². The van der Waals surface area contributed by atoms with Gasteiger partial charge in [0.25, 0.3) is 5.91 Å². The molecular weight excluding hydrogens is 252 g/mol. The van der Waals surface area contributed by atoms with Crippen molar-refractivity contribution < 1.29 is 4.79 Å². The van der Waals surface area contributed by atoms with E-state index in [0.717, 1.165) is 6.54 Å². The molecule has 1 fully saturated rings. The van der Waals surface area contributed by atoms with E-state index >= 15 is 0 Å². The first-order valence-electron chi connectivity index (χ1n) is 7.59. The van der Waals surface area contributed by atoms with Crippen LogP contribution in [0.3, 0.4) is 0 Å². The van der Waals surface area contributed by atoms with Gasteiger partial charge in [0, 0.05) is 12.6 Å². The van der Waals surface area contributed by atoms with E-state index in [1.807, 2.05) is 6.92 Å². The maximum atomic E-state index is 12.1. The van der Waals surface area contributed by atoms with E-state index in [1.54, 1.807) is 12.1 Å². The molecule has 20 heavy (non-hydrogen) atoms. The minimum absolute atomic E-state index is 0.126. The van der Waals surface area contributed by atoms with Gasteiger partial charge in [0.2, 0.25) is 0 Å². The van der Waals surface area contributed by atoms with Crippen LogP contribution in [0.25, 0.3) is 0 Å². The Hall–Kier alpha value is -1.65. The maximum Gasteiger partial charge on any atom is 0.272 e. The topological polar surface area (TPSA) is 66.9 Å². The summed E-state index contributed by atoms with van der Waals surface area (Å²) >= 11 is 0. The molecule has 0 bridgehead atoms. The van der Waals surface area contributed by atoms with Crippen molar-refractivity contribution in [1.29, 1.82) is 0 Å². The first-order valence-corrected chi connectivity index (χ1v) is 7.59. The van der Waals surface area contributed by atoms with Gasteiger partial charge in [0.05, 0.1) is 0 Å². The Labute approximate surface area is 120 Å². The Morgan fingerprint density at radius 1 is 1.30 bits per heavy atom. The molecule has 5 nitrogen and oxygen atoms in total. The van der Waals surface area contributed by atoms with Crippen LogP contribution in [0.15, 0.2) is 12.1 Å². The molecule has 1 aliphatic rings. The molecule has 1 aromatic rings. The van der Waals surface area contributed by atoms with Gasteiger partial charge in [-0.2, -0.15) is 0 Å². The van der Waals surface area contributed by atoms with E-state index in [0.29, 0.717) is 17.4 Å². The molecule has 110 valence electrons. The predicted octanol–water partition coefficient (Wildman–Crippen LogP) is 2.61. The molecular formula is C15H24N4O. The Bertz CT molecular complexity index is 426. The molecule has 0 aromatic carbocycles. The third kappa shape index (κ3) is 3.92. The monoisotopic (exact) mass is 276 g/mol. The van der Waals surface area contributed by atoms with Crippen molar-refractivity contribution in [1.82, 2.24) is 15.5 Å². The smallest absolute Gasteiger partial charge is 0.272 e. The van der Waals surface area contributed by atoms with Crippen molar-refractivity contribution in [3.05, 3.63) is 17.8 Å². The number of nitrogens with zero attached hydrogens (tertiary/aromatic N) is 2. The molecule has 0 saturated heterocycles. The van der Waals surface area contributed by atoms with Crippen LogP contribution in [-0.4, -0.2) is 28.7 Å². The fourth-order valence-corrected chi connectivity index (χ4v) is 2.76. The number of rotatable bonds is 5. The number of aromatic nitrogens is 2. The Balaban J connectivity index is 1.89. The molecule has 1 amide bonds. The lowest BCUT2D eigenvalue weighted by Gasteiger charge is -2.28. The SMILES string of the molecule is CCNc1ccc(C(=O)NC(C)C2CCCCC2)nn1. The number of carbonyl (C=O) groups excluding carboxylic acids is 1. The number of amides is 1. The zero-order valence-electron chi connectivity index (χ0n) is 12.4. The zero-order chi connectivity index (χ0) is 14.4. The maximum absolute atomic E-state index is 12.1. The van der Waals surface area contributed by atoms with Crippen molar-refractivity contribution >= 4 is 11.7 Å². The first kappa shape index (κ1) is 14.8. The van der Waals surface area contributed by atoms with Gasteiger partial charge < -0.3 is 10.6 Å². The highest BCUT2D eigenvalue weighted by atomic mass is 16.2. The summed E-state index contributed by atoms with van der Waals surface area (Å²) in [5.74, 6) is 1.17. The molecule has 5 heteroatoms. The van der Waals surface area contributed by atoms with Crippen molar-refractivity contribution in [3.8, 4) is 0 Å². The number of hydrogen-bond acceptors (Lipinski definition) is 4. The highest BCUT2D eigenvalue weighted by Crippen LogP contribution is 2.26. The molecule has 1 aromatic heterocycles. The molecule has 1 heterocycles. The van der Waals surface area contributed by atoms with Crippen LogP contribution >= 0.6 is 0 Å². The quantitative estimate of drug-likeness (QED) is 0.867. The van der Waals surface area contributed by atoms with Gasteiger partial charge in [-0.05, 0) is 44.7 Å². The molecule has 2 rings (SSSR count). The van der Waals surface area contributed by atoms with Crippen molar-refractivity contribution in [2.75, 3.05) is 11.9 Å². The van der Waals surface area contributed by atoms with Gasteiger partial charge in [0.1, 0.15) is 5.82 Å². The molecule has 1 unspecified atom stereocenters. The second kappa shape index (κ2) is 7.22. The predicted molar refractivity (Wildman–Crippen MR) is 79.7 cm³/mol. The molecule has 1 aliphatic carbocycles. The largest absolute Gasteiger partial charge is 0.369 e. The zero-order valence-corrected chi connectivity index (χ0v) is 12.4. The third-order valence-electron chi connectivity index (χ3n) is 3.97. The lowest BCUT2D eigenvalue weighted by atomic mass is 9.84. The summed E-state index contributed by atoms with van der Waals surface area (Å²) < 4.78 is 0. The Morgan fingerprint density at radius 3 is 2.65 bits per heavy atom. The third-order valence-corrected chi connectivity index (χ3v) is 3.97. The van der Waals surface area contributed by atoms with E-state index in [1.165, 1.54) is 32.1 Å². The normalized spacial score (nSPS) is 17.5. The summed E-state index contributed by atoms with van der Waals surface area (Å²) in [6, 6.07) is 3.71. The van der Waals surface area contributed by atoms with Crippen molar-refractivity contribution in [3.63, 3.8) is 0 Å². The standard InChI is InChI=1S/C15H24N4O/c1-3-16-14-10-9-13(18-19-14)15(20)17-11(2)12-7-5-4-6-8-12/h9-12H,3-8H2,1-2H3,(H,16,19)(H,17,20).